The van der Waals surface area contributed by atoms with Gasteiger partial charge in [0, 0.05) is 32.3 Å². The first kappa shape index (κ1) is 23.6. The van der Waals surface area contributed by atoms with Crippen LogP contribution in [0, 0.1) is 18.6 Å². The molecule has 168 valence electrons. The van der Waals surface area contributed by atoms with Crippen molar-refractivity contribution in [2.45, 2.75) is 27.7 Å². The van der Waals surface area contributed by atoms with E-state index in [-0.39, 0.29) is 5.56 Å². The van der Waals surface area contributed by atoms with Crippen LogP contribution in [-0.2, 0) is 16.6 Å². The number of aromatic nitrogens is 1. The first-order chi connectivity index (χ1) is 15.9. The van der Waals surface area contributed by atoms with Crippen LogP contribution in [0.1, 0.15) is 27.6 Å². The van der Waals surface area contributed by atoms with Gasteiger partial charge in [-0.2, -0.15) is 0 Å². The van der Waals surface area contributed by atoms with E-state index >= 15 is 0 Å². The highest BCUT2D eigenvalue weighted by molar-refractivity contribution is 7.98. The summed E-state index contributed by atoms with van der Waals surface area (Å²) < 4.78 is 42.2. The summed E-state index contributed by atoms with van der Waals surface area (Å²) in [5, 5.41) is -0.474. The number of benzene rings is 3. The Hall–Kier alpha value is -2.54. The molecule has 0 amide bonds. The number of pyridine rings is 1. The molecule has 0 aliphatic heterocycles. The van der Waals surface area contributed by atoms with E-state index in [4.69, 9.17) is 11.6 Å². The predicted molar refractivity (Wildman–Crippen MR) is 131 cm³/mol. The van der Waals surface area contributed by atoms with E-state index in [1.165, 1.54) is 5.56 Å². The minimum atomic E-state index is -1.73. The number of hydrogen-bond donors (Lipinski definition) is 0. The van der Waals surface area contributed by atoms with E-state index in [1.807, 2.05) is 13.0 Å². The first-order valence-corrected chi connectivity index (χ1v) is 12.7. The van der Waals surface area contributed by atoms with Gasteiger partial charge in [-0.15, -0.1) is 11.8 Å². The van der Waals surface area contributed by atoms with Crippen molar-refractivity contribution in [3.05, 3.63) is 124 Å². The standard InChI is InChI=1S/C26H20ClF2NOS2/c1-17-2-8-21(9-3-17)32-16-18-4-13-25(30-15-18)26(23-14-20(28)7-12-24(23)29)33(31)22-10-5-19(27)6-11-22/h2-15,26H,16H2,1H3. The van der Waals surface area contributed by atoms with Gasteiger partial charge in [0.15, 0.2) is 0 Å². The Morgan fingerprint density at radius 1 is 0.970 bits per heavy atom. The molecule has 0 saturated carbocycles. The highest BCUT2D eigenvalue weighted by Crippen LogP contribution is 2.34. The second kappa shape index (κ2) is 10.6. The third kappa shape index (κ3) is 5.88. The van der Waals surface area contributed by atoms with Crippen LogP contribution in [0.3, 0.4) is 0 Å². The Morgan fingerprint density at radius 2 is 1.70 bits per heavy atom. The molecule has 0 saturated heterocycles. The first-order valence-electron chi connectivity index (χ1n) is 10.2. The number of halogens is 3. The average Bonchev–Trinajstić information content (AvgIpc) is 2.82. The SMILES string of the molecule is Cc1ccc(SCc2ccc(C(c3cc(F)ccc3F)S(=O)c3ccc(Cl)cc3)nc2)cc1. The summed E-state index contributed by atoms with van der Waals surface area (Å²) in [7, 11) is -1.73. The van der Waals surface area contributed by atoms with Crippen LogP contribution < -0.4 is 0 Å². The third-order valence-electron chi connectivity index (χ3n) is 5.04. The van der Waals surface area contributed by atoms with Gasteiger partial charge in [0.05, 0.1) is 16.5 Å². The Bertz CT molecular complexity index is 1260. The molecule has 0 radical (unpaired) electrons. The molecule has 0 aliphatic carbocycles. The second-order valence-corrected chi connectivity index (χ2v) is 10.5. The summed E-state index contributed by atoms with van der Waals surface area (Å²) in [5.74, 6) is -0.532. The minimum Gasteiger partial charge on any atom is -0.259 e. The minimum absolute atomic E-state index is 0.00226. The Labute approximate surface area is 203 Å². The highest BCUT2D eigenvalue weighted by Gasteiger charge is 2.27. The molecular weight excluding hydrogens is 480 g/mol. The van der Waals surface area contributed by atoms with Crippen molar-refractivity contribution in [1.82, 2.24) is 4.98 Å². The topological polar surface area (TPSA) is 30.0 Å². The molecule has 4 rings (SSSR count). The van der Waals surface area contributed by atoms with Crippen molar-refractivity contribution in [2.24, 2.45) is 0 Å². The summed E-state index contributed by atoms with van der Waals surface area (Å²) in [6.07, 6.45) is 1.69. The molecule has 2 atom stereocenters. The van der Waals surface area contributed by atoms with E-state index < -0.39 is 27.7 Å². The molecule has 4 aromatic rings. The second-order valence-electron chi connectivity index (χ2n) is 7.49. The smallest absolute Gasteiger partial charge is 0.128 e. The van der Waals surface area contributed by atoms with Crippen molar-refractivity contribution in [1.29, 1.82) is 0 Å². The van der Waals surface area contributed by atoms with Gasteiger partial charge >= 0.3 is 0 Å². The van der Waals surface area contributed by atoms with E-state index in [0.29, 0.717) is 21.4 Å². The van der Waals surface area contributed by atoms with Gasteiger partial charge in [0.25, 0.3) is 0 Å². The summed E-state index contributed by atoms with van der Waals surface area (Å²) in [6, 6.07) is 21.5. The normalized spacial score (nSPS) is 13.0. The molecule has 0 fully saturated rings. The Morgan fingerprint density at radius 3 is 2.36 bits per heavy atom. The van der Waals surface area contributed by atoms with Crippen molar-refractivity contribution in [3.8, 4) is 0 Å². The molecule has 0 spiro atoms. The van der Waals surface area contributed by atoms with Crippen molar-refractivity contribution >= 4 is 34.2 Å². The van der Waals surface area contributed by atoms with Crippen LogP contribution in [0.15, 0.2) is 94.9 Å². The van der Waals surface area contributed by atoms with Gasteiger partial charge < -0.3 is 0 Å². The molecule has 33 heavy (non-hydrogen) atoms. The fourth-order valence-electron chi connectivity index (χ4n) is 3.28. The Kier molecular flexibility index (Phi) is 7.58. The largest absolute Gasteiger partial charge is 0.259 e. The summed E-state index contributed by atoms with van der Waals surface area (Å²) in [4.78, 5) is 6.09. The molecular formula is C26H20ClF2NOS2. The van der Waals surface area contributed by atoms with Gasteiger partial charge in [-0.3, -0.25) is 9.19 Å². The predicted octanol–water partition coefficient (Wildman–Crippen LogP) is 7.51. The van der Waals surface area contributed by atoms with Crippen LogP contribution in [0.5, 0.6) is 0 Å². The number of nitrogens with zero attached hydrogens (tertiary/aromatic N) is 1. The lowest BCUT2D eigenvalue weighted by atomic mass is 10.1. The quantitative estimate of drug-likeness (QED) is 0.246. The van der Waals surface area contributed by atoms with Gasteiger partial charge in [-0.25, -0.2) is 8.78 Å². The van der Waals surface area contributed by atoms with Crippen LogP contribution in [0.25, 0.3) is 0 Å². The molecule has 0 bridgehead atoms. The van der Waals surface area contributed by atoms with Crippen LogP contribution in [0.4, 0.5) is 8.78 Å². The lowest BCUT2D eigenvalue weighted by Crippen LogP contribution is -2.13. The zero-order valence-corrected chi connectivity index (χ0v) is 20.1. The Balaban J connectivity index is 1.63. The van der Waals surface area contributed by atoms with E-state index in [1.54, 1.807) is 48.3 Å². The number of rotatable bonds is 7. The summed E-state index contributed by atoms with van der Waals surface area (Å²) >= 11 is 7.63. The van der Waals surface area contributed by atoms with Crippen LogP contribution in [0.2, 0.25) is 5.02 Å². The van der Waals surface area contributed by atoms with Gasteiger partial charge in [0.1, 0.15) is 16.9 Å². The van der Waals surface area contributed by atoms with Gasteiger partial charge in [-0.05, 0) is 73.2 Å². The lowest BCUT2D eigenvalue weighted by molar-refractivity contribution is 0.584. The number of aryl methyl sites for hydroxylation is 1. The zero-order valence-electron chi connectivity index (χ0n) is 17.7. The number of thioether (sulfide) groups is 1. The van der Waals surface area contributed by atoms with Crippen LogP contribution in [-0.4, -0.2) is 9.19 Å². The molecule has 2 unspecified atom stereocenters. The fraction of sp³-hybridized carbons (Fsp3) is 0.115. The summed E-state index contributed by atoms with van der Waals surface area (Å²) in [5.41, 5.74) is 2.57. The number of hydrogen-bond acceptors (Lipinski definition) is 3. The van der Waals surface area contributed by atoms with Gasteiger partial charge in [0.2, 0.25) is 0 Å². The monoisotopic (exact) mass is 499 g/mol. The molecule has 1 heterocycles. The van der Waals surface area contributed by atoms with E-state index in [0.717, 1.165) is 28.7 Å². The van der Waals surface area contributed by atoms with Crippen molar-refractivity contribution in [2.75, 3.05) is 0 Å². The van der Waals surface area contributed by atoms with Crippen LogP contribution >= 0.6 is 23.4 Å². The maximum atomic E-state index is 14.7. The molecule has 7 heteroatoms. The molecule has 0 N–H and O–H groups in total. The molecule has 1 aromatic heterocycles. The zero-order chi connectivity index (χ0) is 23.4. The maximum Gasteiger partial charge on any atom is 0.128 e. The van der Waals surface area contributed by atoms with E-state index in [2.05, 4.69) is 29.2 Å². The lowest BCUT2D eigenvalue weighted by Gasteiger charge is -2.18. The van der Waals surface area contributed by atoms with Crippen molar-refractivity contribution in [3.63, 3.8) is 0 Å². The molecule has 3 aromatic carbocycles. The van der Waals surface area contributed by atoms with Crippen molar-refractivity contribution < 1.29 is 13.0 Å². The van der Waals surface area contributed by atoms with Gasteiger partial charge in [-0.1, -0.05) is 35.4 Å². The third-order valence-corrected chi connectivity index (χ3v) is 8.04. The fourth-order valence-corrected chi connectivity index (χ4v) is 5.69. The highest BCUT2D eigenvalue weighted by atomic mass is 35.5. The molecule has 0 aliphatic rings. The maximum absolute atomic E-state index is 14.7. The summed E-state index contributed by atoms with van der Waals surface area (Å²) in [6.45, 7) is 2.04. The molecule has 2 nitrogen and oxygen atoms in total. The average molecular weight is 500 g/mol. The van der Waals surface area contributed by atoms with E-state index in [9.17, 15) is 13.0 Å².